The highest BCUT2D eigenvalue weighted by Gasteiger charge is 2.16. The van der Waals surface area contributed by atoms with Crippen LogP contribution >= 0.6 is 0 Å². The van der Waals surface area contributed by atoms with Gasteiger partial charge in [0, 0.05) is 17.9 Å². The predicted molar refractivity (Wildman–Crippen MR) is 99.9 cm³/mol. The minimum Gasteiger partial charge on any atom is -0.376 e. The fourth-order valence-corrected chi connectivity index (χ4v) is 2.67. The van der Waals surface area contributed by atoms with Crippen LogP contribution in [-0.2, 0) is 4.74 Å². The molecule has 1 saturated heterocycles. The van der Waals surface area contributed by atoms with Gasteiger partial charge in [0.1, 0.15) is 5.82 Å². The van der Waals surface area contributed by atoms with E-state index in [4.69, 9.17) is 4.74 Å². The molecule has 1 atom stereocenters. The monoisotopic (exact) mass is 355 g/mol. The number of ether oxygens (including phenoxy) is 1. The van der Waals surface area contributed by atoms with Crippen LogP contribution in [0.15, 0.2) is 53.5 Å². The first-order chi connectivity index (χ1) is 12.6. The number of hydrogen-bond acceptors (Lipinski definition) is 3. The van der Waals surface area contributed by atoms with E-state index in [-0.39, 0.29) is 11.7 Å². The second-order valence-electron chi connectivity index (χ2n) is 6.28. The zero-order valence-corrected chi connectivity index (χ0v) is 14.7. The molecule has 1 aliphatic rings. The van der Waals surface area contributed by atoms with Crippen molar-refractivity contribution in [2.75, 3.05) is 18.5 Å². The Labute approximate surface area is 152 Å². The van der Waals surface area contributed by atoms with E-state index in [1.54, 1.807) is 6.07 Å². The van der Waals surface area contributed by atoms with E-state index in [0.717, 1.165) is 30.7 Å². The minimum atomic E-state index is -0.456. The Kier molecular flexibility index (Phi) is 5.96. The van der Waals surface area contributed by atoms with Gasteiger partial charge in [-0.25, -0.2) is 9.38 Å². The van der Waals surface area contributed by atoms with Crippen LogP contribution in [-0.4, -0.2) is 31.1 Å². The molecule has 0 aromatic heterocycles. The number of aryl methyl sites for hydroxylation is 1. The number of benzene rings is 2. The maximum Gasteiger partial charge on any atom is 0.258 e. The molecule has 2 aromatic carbocycles. The Morgan fingerprint density at radius 2 is 2.08 bits per heavy atom. The molecule has 26 heavy (non-hydrogen) atoms. The zero-order chi connectivity index (χ0) is 18.4. The van der Waals surface area contributed by atoms with Crippen LogP contribution in [0.1, 0.15) is 28.8 Å². The van der Waals surface area contributed by atoms with Crippen LogP contribution in [0.5, 0.6) is 0 Å². The Bertz CT molecular complexity index is 784. The van der Waals surface area contributed by atoms with Gasteiger partial charge in [-0.15, -0.1) is 0 Å². The molecule has 5 nitrogen and oxygen atoms in total. The molecular formula is C20H22FN3O2. The number of nitrogens with zero attached hydrogens (tertiary/aromatic N) is 1. The lowest BCUT2D eigenvalue weighted by atomic mass is 10.2. The molecule has 1 unspecified atom stereocenters. The number of rotatable bonds is 4. The number of nitrogens with one attached hydrogen (secondary N) is 2. The molecular weight excluding hydrogens is 333 g/mol. The summed E-state index contributed by atoms with van der Waals surface area (Å²) in [5.74, 6) is -0.559. The number of carbonyl (C=O) groups is 1. The smallest absolute Gasteiger partial charge is 0.258 e. The second-order valence-corrected chi connectivity index (χ2v) is 6.28. The average molecular weight is 355 g/mol. The van der Waals surface area contributed by atoms with Crippen molar-refractivity contribution in [1.82, 2.24) is 5.32 Å². The summed E-state index contributed by atoms with van der Waals surface area (Å²) in [4.78, 5) is 16.9. The van der Waals surface area contributed by atoms with Gasteiger partial charge in [0.05, 0.1) is 12.6 Å². The fourth-order valence-electron chi connectivity index (χ4n) is 2.67. The number of amides is 1. The summed E-state index contributed by atoms with van der Waals surface area (Å²) in [7, 11) is 0. The largest absolute Gasteiger partial charge is 0.376 e. The SMILES string of the molecule is Cc1ccc(NC(=NCC2CCCO2)NC(=O)c2cccc(F)c2)cc1. The maximum absolute atomic E-state index is 13.4. The van der Waals surface area contributed by atoms with Gasteiger partial charge in [-0.2, -0.15) is 0 Å². The lowest BCUT2D eigenvalue weighted by Crippen LogP contribution is -2.36. The standard InChI is InChI=1S/C20H22FN3O2/c1-14-7-9-17(10-8-14)23-20(22-13-18-6-3-11-26-18)24-19(25)15-4-2-5-16(21)12-15/h2,4-5,7-10,12,18H,3,6,11,13H2,1H3,(H2,22,23,24,25). The van der Waals surface area contributed by atoms with Crippen LogP contribution in [0.4, 0.5) is 10.1 Å². The van der Waals surface area contributed by atoms with Crippen LogP contribution in [0.3, 0.4) is 0 Å². The summed E-state index contributed by atoms with van der Waals surface area (Å²) < 4.78 is 18.9. The van der Waals surface area contributed by atoms with E-state index in [2.05, 4.69) is 15.6 Å². The van der Waals surface area contributed by atoms with Crippen LogP contribution < -0.4 is 10.6 Å². The zero-order valence-electron chi connectivity index (χ0n) is 14.7. The Morgan fingerprint density at radius 3 is 2.77 bits per heavy atom. The summed E-state index contributed by atoms with van der Waals surface area (Å²) in [6, 6.07) is 13.3. The van der Waals surface area contributed by atoms with E-state index in [0.29, 0.717) is 12.5 Å². The molecule has 1 aliphatic heterocycles. The van der Waals surface area contributed by atoms with Crippen molar-refractivity contribution in [3.63, 3.8) is 0 Å². The first kappa shape index (κ1) is 18.1. The van der Waals surface area contributed by atoms with Crippen molar-refractivity contribution in [3.05, 3.63) is 65.5 Å². The van der Waals surface area contributed by atoms with E-state index >= 15 is 0 Å². The number of hydrogen-bond donors (Lipinski definition) is 2. The van der Waals surface area contributed by atoms with Gasteiger partial charge >= 0.3 is 0 Å². The van der Waals surface area contributed by atoms with Crippen molar-refractivity contribution in [2.24, 2.45) is 4.99 Å². The molecule has 2 aromatic rings. The third-order valence-electron chi connectivity index (χ3n) is 4.11. The van der Waals surface area contributed by atoms with Crippen molar-refractivity contribution in [2.45, 2.75) is 25.9 Å². The third kappa shape index (κ3) is 5.13. The van der Waals surface area contributed by atoms with Gasteiger partial charge in [-0.1, -0.05) is 23.8 Å². The summed E-state index contributed by atoms with van der Waals surface area (Å²) >= 11 is 0. The quantitative estimate of drug-likeness (QED) is 0.652. The van der Waals surface area contributed by atoms with E-state index in [9.17, 15) is 9.18 Å². The molecule has 0 spiro atoms. The molecule has 136 valence electrons. The lowest BCUT2D eigenvalue weighted by Gasteiger charge is -2.13. The van der Waals surface area contributed by atoms with Gasteiger partial charge in [0.25, 0.3) is 5.91 Å². The molecule has 0 aliphatic carbocycles. The minimum absolute atomic E-state index is 0.0656. The molecule has 0 bridgehead atoms. The van der Waals surface area contributed by atoms with Gasteiger partial charge in [-0.05, 0) is 50.1 Å². The summed E-state index contributed by atoms with van der Waals surface area (Å²) in [6.45, 7) is 3.20. The average Bonchev–Trinajstić information content (AvgIpc) is 3.15. The number of anilines is 1. The molecule has 0 saturated carbocycles. The fraction of sp³-hybridized carbons (Fsp3) is 0.300. The topological polar surface area (TPSA) is 62.7 Å². The second kappa shape index (κ2) is 8.58. The van der Waals surface area contributed by atoms with Crippen LogP contribution in [0.25, 0.3) is 0 Å². The van der Waals surface area contributed by atoms with Crippen LogP contribution in [0.2, 0.25) is 0 Å². The number of guanidine groups is 1. The summed E-state index contributed by atoms with van der Waals surface area (Å²) in [6.07, 6.45) is 2.05. The molecule has 1 fully saturated rings. The Morgan fingerprint density at radius 1 is 1.27 bits per heavy atom. The van der Waals surface area contributed by atoms with E-state index in [1.165, 1.54) is 18.2 Å². The van der Waals surface area contributed by atoms with Crippen molar-refractivity contribution >= 4 is 17.6 Å². The predicted octanol–water partition coefficient (Wildman–Crippen LogP) is 3.51. The highest BCUT2D eigenvalue weighted by atomic mass is 19.1. The maximum atomic E-state index is 13.4. The molecule has 1 amide bonds. The Balaban J connectivity index is 1.73. The number of aliphatic imine (C=N–C) groups is 1. The highest BCUT2D eigenvalue weighted by molar-refractivity contribution is 6.09. The van der Waals surface area contributed by atoms with Crippen molar-refractivity contribution in [1.29, 1.82) is 0 Å². The van der Waals surface area contributed by atoms with Crippen molar-refractivity contribution < 1.29 is 13.9 Å². The van der Waals surface area contributed by atoms with Gasteiger partial charge < -0.3 is 10.1 Å². The molecule has 0 radical (unpaired) electrons. The molecule has 6 heteroatoms. The van der Waals surface area contributed by atoms with Crippen molar-refractivity contribution in [3.8, 4) is 0 Å². The number of carbonyl (C=O) groups excluding carboxylic acids is 1. The Hall–Kier alpha value is -2.73. The van der Waals surface area contributed by atoms with Gasteiger partial charge in [0.15, 0.2) is 0 Å². The first-order valence-corrected chi connectivity index (χ1v) is 8.67. The third-order valence-corrected chi connectivity index (χ3v) is 4.11. The highest BCUT2D eigenvalue weighted by Crippen LogP contribution is 2.13. The van der Waals surface area contributed by atoms with E-state index in [1.807, 2.05) is 31.2 Å². The van der Waals surface area contributed by atoms with Crippen LogP contribution in [0, 0.1) is 12.7 Å². The summed E-state index contributed by atoms with van der Waals surface area (Å²) in [5, 5.41) is 5.84. The van der Waals surface area contributed by atoms with E-state index < -0.39 is 11.7 Å². The molecule has 2 N–H and O–H groups in total. The summed E-state index contributed by atoms with van der Waals surface area (Å²) in [5.41, 5.74) is 2.18. The molecule has 1 heterocycles. The van der Waals surface area contributed by atoms with Gasteiger partial charge in [0.2, 0.25) is 5.96 Å². The normalized spacial score (nSPS) is 17.2. The first-order valence-electron chi connectivity index (χ1n) is 8.67. The lowest BCUT2D eigenvalue weighted by molar-refractivity contribution is 0.0975. The number of halogens is 1. The molecule has 3 rings (SSSR count). The van der Waals surface area contributed by atoms with Gasteiger partial charge in [-0.3, -0.25) is 10.1 Å².